The molecule has 0 bridgehead atoms. The van der Waals surface area contributed by atoms with Gasteiger partial charge in [-0.05, 0) is 23.7 Å². The van der Waals surface area contributed by atoms with Crippen molar-refractivity contribution < 1.29 is 19.8 Å². The van der Waals surface area contributed by atoms with Crippen molar-refractivity contribution in [2.24, 2.45) is 22.7 Å². The summed E-state index contributed by atoms with van der Waals surface area (Å²) in [5.41, 5.74) is 0.178. The number of carboxylic acids is 2. The number of aliphatic carboxylic acids is 2. The van der Waals surface area contributed by atoms with Crippen LogP contribution in [0.4, 0.5) is 0 Å². The molecule has 92 valence electrons. The summed E-state index contributed by atoms with van der Waals surface area (Å²) in [6.45, 7) is 7.91. The van der Waals surface area contributed by atoms with Gasteiger partial charge in [-0.3, -0.25) is 9.59 Å². The van der Waals surface area contributed by atoms with Crippen molar-refractivity contribution in [1.29, 1.82) is 0 Å². The highest BCUT2D eigenvalue weighted by atomic mass is 16.4. The van der Waals surface area contributed by atoms with Crippen molar-refractivity contribution in [3.05, 3.63) is 0 Å². The lowest BCUT2D eigenvalue weighted by Gasteiger charge is -1.94. The summed E-state index contributed by atoms with van der Waals surface area (Å²) in [4.78, 5) is 20.4. The van der Waals surface area contributed by atoms with Gasteiger partial charge < -0.3 is 10.2 Å². The van der Waals surface area contributed by atoms with E-state index in [1.807, 2.05) is 27.7 Å². The Bertz CT molecular complexity index is 285. The van der Waals surface area contributed by atoms with E-state index >= 15 is 0 Å². The first kappa shape index (κ1) is 13.0. The molecule has 2 aliphatic rings. The molecule has 2 saturated carbocycles. The Morgan fingerprint density at radius 1 is 0.875 bits per heavy atom. The van der Waals surface area contributed by atoms with Gasteiger partial charge in [-0.2, -0.15) is 0 Å². The van der Waals surface area contributed by atoms with Gasteiger partial charge in [0, 0.05) is 0 Å². The van der Waals surface area contributed by atoms with Gasteiger partial charge in [-0.25, -0.2) is 0 Å². The molecule has 0 radical (unpaired) electrons. The number of carboxylic acid groups (broad SMARTS) is 2. The summed E-state index contributed by atoms with van der Waals surface area (Å²) < 4.78 is 0. The minimum absolute atomic E-state index is 0.0671. The fourth-order valence-corrected chi connectivity index (χ4v) is 1.78. The van der Waals surface area contributed by atoms with Crippen LogP contribution in [0.3, 0.4) is 0 Å². The molecule has 2 fully saturated rings. The normalized spacial score (nSPS) is 32.0. The van der Waals surface area contributed by atoms with Crippen molar-refractivity contribution in [3.8, 4) is 0 Å². The third-order valence-corrected chi connectivity index (χ3v) is 3.62. The van der Waals surface area contributed by atoms with E-state index in [1.54, 1.807) is 0 Å². The van der Waals surface area contributed by atoms with E-state index in [0.717, 1.165) is 12.8 Å². The minimum atomic E-state index is -0.644. The summed E-state index contributed by atoms with van der Waals surface area (Å²) in [6.07, 6.45) is 1.70. The van der Waals surface area contributed by atoms with Crippen LogP contribution in [0.1, 0.15) is 40.5 Å². The molecule has 0 spiro atoms. The fraction of sp³-hybridized carbons (Fsp3) is 0.833. The quantitative estimate of drug-likeness (QED) is 0.760. The second-order valence-corrected chi connectivity index (χ2v) is 6.17. The number of hydrogen-bond acceptors (Lipinski definition) is 2. The Labute approximate surface area is 95.7 Å². The van der Waals surface area contributed by atoms with Crippen molar-refractivity contribution in [2.45, 2.75) is 40.5 Å². The number of carbonyl (C=O) groups is 2. The van der Waals surface area contributed by atoms with Gasteiger partial charge in [0.1, 0.15) is 0 Å². The molecular formula is C12H20O4. The van der Waals surface area contributed by atoms with Gasteiger partial charge in [0.2, 0.25) is 0 Å². The van der Waals surface area contributed by atoms with Gasteiger partial charge in [-0.15, -0.1) is 0 Å². The second kappa shape index (κ2) is 3.75. The van der Waals surface area contributed by atoms with E-state index in [4.69, 9.17) is 10.2 Å². The van der Waals surface area contributed by atoms with E-state index in [9.17, 15) is 9.59 Å². The van der Waals surface area contributed by atoms with Crippen LogP contribution in [0.2, 0.25) is 0 Å². The van der Waals surface area contributed by atoms with E-state index in [0.29, 0.717) is 0 Å². The summed E-state index contributed by atoms with van der Waals surface area (Å²) >= 11 is 0. The Morgan fingerprint density at radius 3 is 1.06 bits per heavy atom. The van der Waals surface area contributed by atoms with Gasteiger partial charge in [-0.1, -0.05) is 27.7 Å². The zero-order chi connectivity index (χ0) is 12.7. The highest BCUT2D eigenvalue weighted by Gasteiger charge is 2.51. The van der Waals surface area contributed by atoms with Crippen LogP contribution in [0.5, 0.6) is 0 Å². The van der Waals surface area contributed by atoms with Crippen molar-refractivity contribution in [2.75, 3.05) is 0 Å². The molecule has 0 aromatic heterocycles. The summed E-state index contributed by atoms with van der Waals surface area (Å²) in [7, 11) is 0. The van der Waals surface area contributed by atoms with Crippen LogP contribution in [0, 0.1) is 22.7 Å². The first-order valence-corrected chi connectivity index (χ1v) is 5.53. The predicted octanol–water partition coefficient (Wildman–Crippen LogP) is 2.23. The lowest BCUT2D eigenvalue weighted by atomic mass is 10.1. The zero-order valence-corrected chi connectivity index (χ0v) is 10.3. The van der Waals surface area contributed by atoms with Crippen LogP contribution in [0.25, 0.3) is 0 Å². The van der Waals surface area contributed by atoms with Crippen molar-refractivity contribution >= 4 is 11.9 Å². The number of hydrogen-bond donors (Lipinski definition) is 2. The molecule has 0 amide bonds. The average Bonchev–Trinajstić information content (AvgIpc) is 2.89. The molecule has 0 aromatic rings. The summed E-state index contributed by atoms with van der Waals surface area (Å²) in [5, 5.41) is 16.8. The first-order chi connectivity index (χ1) is 7.08. The summed E-state index contributed by atoms with van der Waals surface area (Å²) in [5.74, 6) is -1.42. The SMILES string of the molecule is CC1(C)CC1C(=O)O.CC1(C)C[C@H]1C(=O)O. The fourth-order valence-electron chi connectivity index (χ4n) is 1.78. The maximum Gasteiger partial charge on any atom is 0.307 e. The third kappa shape index (κ3) is 2.97. The van der Waals surface area contributed by atoms with Crippen LogP contribution in [0.15, 0.2) is 0 Å². The molecule has 16 heavy (non-hydrogen) atoms. The maximum atomic E-state index is 10.2. The van der Waals surface area contributed by atoms with Crippen molar-refractivity contribution in [1.82, 2.24) is 0 Å². The second-order valence-electron chi connectivity index (χ2n) is 6.17. The van der Waals surface area contributed by atoms with Crippen LogP contribution in [-0.2, 0) is 9.59 Å². The lowest BCUT2D eigenvalue weighted by Crippen LogP contribution is -2.02. The van der Waals surface area contributed by atoms with Crippen LogP contribution < -0.4 is 0 Å². The molecule has 0 heterocycles. The Hall–Kier alpha value is -1.06. The summed E-state index contributed by atoms with van der Waals surface area (Å²) in [6, 6.07) is 0. The van der Waals surface area contributed by atoms with Crippen LogP contribution in [-0.4, -0.2) is 22.2 Å². The monoisotopic (exact) mass is 228 g/mol. The molecule has 2 rings (SSSR count). The van der Waals surface area contributed by atoms with Gasteiger partial charge in [0.15, 0.2) is 0 Å². The van der Waals surface area contributed by atoms with Gasteiger partial charge >= 0.3 is 11.9 Å². The van der Waals surface area contributed by atoms with Crippen molar-refractivity contribution in [3.63, 3.8) is 0 Å². The molecule has 2 N–H and O–H groups in total. The van der Waals surface area contributed by atoms with E-state index in [-0.39, 0.29) is 22.7 Å². The molecule has 1 unspecified atom stereocenters. The Kier molecular flexibility index (Phi) is 3.05. The molecule has 4 heteroatoms. The smallest absolute Gasteiger partial charge is 0.307 e. The van der Waals surface area contributed by atoms with E-state index < -0.39 is 11.9 Å². The molecule has 4 nitrogen and oxygen atoms in total. The van der Waals surface area contributed by atoms with Gasteiger partial charge in [0.25, 0.3) is 0 Å². The molecule has 2 atom stereocenters. The van der Waals surface area contributed by atoms with E-state index in [2.05, 4.69) is 0 Å². The highest BCUT2D eigenvalue weighted by Crippen LogP contribution is 2.52. The van der Waals surface area contributed by atoms with Crippen LogP contribution >= 0.6 is 0 Å². The third-order valence-electron chi connectivity index (χ3n) is 3.62. The highest BCUT2D eigenvalue weighted by molar-refractivity contribution is 5.74. The lowest BCUT2D eigenvalue weighted by molar-refractivity contribution is -0.140. The predicted molar refractivity (Wildman–Crippen MR) is 59.0 cm³/mol. The first-order valence-electron chi connectivity index (χ1n) is 5.53. The zero-order valence-electron chi connectivity index (χ0n) is 10.3. The molecule has 0 aliphatic heterocycles. The van der Waals surface area contributed by atoms with Gasteiger partial charge in [0.05, 0.1) is 11.8 Å². The molecule has 0 aromatic carbocycles. The average molecular weight is 228 g/mol. The maximum absolute atomic E-state index is 10.2. The Balaban J connectivity index is 0.000000160. The minimum Gasteiger partial charge on any atom is -0.481 e. The van der Waals surface area contributed by atoms with E-state index in [1.165, 1.54) is 0 Å². The number of rotatable bonds is 2. The largest absolute Gasteiger partial charge is 0.481 e. The molecule has 0 saturated heterocycles. The standard InChI is InChI=1S/2C6H10O2/c2*1-6(2)3-4(6)5(7)8/h2*4H,3H2,1-2H3,(H,7,8)/t4-;/m0./s1. The molecular weight excluding hydrogens is 208 g/mol. The topological polar surface area (TPSA) is 74.6 Å². The Morgan fingerprint density at radius 2 is 1.06 bits per heavy atom. The molecule has 2 aliphatic carbocycles.